The lowest BCUT2D eigenvalue weighted by molar-refractivity contribution is -0.385. The molecule has 1 aliphatic rings. The van der Waals surface area contributed by atoms with Crippen molar-refractivity contribution in [3.63, 3.8) is 0 Å². The van der Waals surface area contributed by atoms with Crippen LogP contribution in [0.15, 0.2) is 46.3 Å². The maximum atomic E-state index is 13.3. The lowest BCUT2D eigenvalue weighted by Gasteiger charge is -2.22. The first-order valence-electron chi connectivity index (χ1n) is 10.6. The number of benzene rings is 2. The number of nitrogens with zero attached hydrogens (tertiary/aromatic N) is 4. The second-order valence-corrected chi connectivity index (χ2v) is 8.19. The summed E-state index contributed by atoms with van der Waals surface area (Å²) < 4.78 is 6.55. The molecule has 0 atom stereocenters. The Labute approximate surface area is 195 Å². The molecule has 0 saturated heterocycles. The first-order valence-corrected chi connectivity index (χ1v) is 11.0. The van der Waals surface area contributed by atoms with Gasteiger partial charge in [0.05, 0.1) is 27.1 Å². The minimum absolute atomic E-state index is 0.0254. The molecule has 2 aromatic carbocycles. The summed E-state index contributed by atoms with van der Waals surface area (Å²) in [5, 5.41) is 16.4. The summed E-state index contributed by atoms with van der Waals surface area (Å²) in [6.07, 6.45) is 11.7. The quantitative estimate of drug-likeness (QED) is 0.223. The zero-order valence-electron chi connectivity index (χ0n) is 17.7. The summed E-state index contributed by atoms with van der Waals surface area (Å²) in [4.78, 5) is 28.9. The molecule has 4 rings (SSSR count). The Morgan fingerprint density at radius 2 is 2.06 bits per heavy atom. The zero-order chi connectivity index (χ0) is 23.4. The van der Waals surface area contributed by atoms with E-state index in [9.17, 15) is 14.9 Å². The fourth-order valence-corrected chi connectivity index (χ4v) is 4.35. The fourth-order valence-electron chi connectivity index (χ4n) is 4.07. The largest absolute Gasteiger partial charge is 0.473 e. The smallest absolute Gasteiger partial charge is 0.313 e. The number of para-hydroxylation sites is 1. The van der Waals surface area contributed by atoms with Crippen molar-refractivity contribution in [2.24, 2.45) is 5.10 Å². The van der Waals surface area contributed by atoms with Gasteiger partial charge in [-0.25, -0.2) is 4.98 Å². The molecule has 9 heteroatoms. The van der Waals surface area contributed by atoms with Crippen molar-refractivity contribution in [1.29, 1.82) is 0 Å². The van der Waals surface area contributed by atoms with Crippen molar-refractivity contribution >= 4 is 34.4 Å². The third-order valence-electron chi connectivity index (χ3n) is 5.61. The summed E-state index contributed by atoms with van der Waals surface area (Å²) in [5.41, 5.74) is 0.348. The van der Waals surface area contributed by atoms with E-state index in [4.69, 9.17) is 27.7 Å². The van der Waals surface area contributed by atoms with Gasteiger partial charge in [-0.2, -0.15) is 9.78 Å². The van der Waals surface area contributed by atoms with Gasteiger partial charge in [0.15, 0.2) is 0 Å². The molecular formula is C24H21ClN4O4. The van der Waals surface area contributed by atoms with E-state index in [1.807, 2.05) is 12.1 Å². The van der Waals surface area contributed by atoms with Crippen LogP contribution < -0.4 is 10.3 Å². The Kier molecular flexibility index (Phi) is 6.71. The molecular weight excluding hydrogens is 444 g/mol. The van der Waals surface area contributed by atoms with Crippen molar-refractivity contribution in [3.8, 4) is 18.1 Å². The summed E-state index contributed by atoms with van der Waals surface area (Å²) in [7, 11) is 0. The lowest BCUT2D eigenvalue weighted by Crippen LogP contribution is -2.25. The van der Waals surface area contributed by atoms with E-state index in [1.54, 1.807) is 12.1 Å². The van der Waals surface area contributed by atoms with E-state index in [1.165, 1.54) is 23.0 Å². The van der Waals surface area contributed by atoms with Gasteiger partial charge < -0.3 is 4.74 Å². The van der Waals surface area contributed by atoms with Gasteiger partial charge in [-0.15, -0.1) is 6.42 Å². The highest BCUT2D eigenvalue weighted by Gasteiger charge is 2.23. The number of nitro groups is 1. The van der Waals surface area contributed by atoms with Crippen LogP contribution in [0.3, 0.4) is 0 Å². The summed E-state index contributed by atoms with van der Waals surface area (Å²) in [5.74, 6) is 2.86. The normalized spacial score (nSPS) is 14.4. The number of halogens is 1. The van der Waals surface area contributed by atoms with E-state index in [0.717, 1.165) is 32.1 Å². The monoisotopic (exact) mass is 464 g/mol. The molecule has 0 N–H and O–H groups in total. The minimum Gasteiger partial charge on any atom is -0.473 e. The first kappa shape index (κ1) is 22.5. The molecule has 1 saturated carbocycles. The molecule has 0 bridgehead atoms. The molecule has 8 nitrogen and oxygen atoms in total. The maximum Gasteiger partial charge on any atom is 0.313 e. The number of nitro benzene ring substituents is 1. The van der Waals surface area contributed by atoms with E-state index in [2.05, 4.69) is 11.0 Å². The van der Waals surface area contributed by atoms with Crippen LogP contribution in [0.25, 0.3) is 10.9 Å². The Morgan fingerprint density at radius 3 is 2.79 bits per heavy atom. The van der Waals surface area contributed by atoms with Gasteiger partial charge in [-0.05, 0) is 31.0 Å². The van der Waals surface area contributed by atoms with Crippen LogP contribution in [0.2, 0.25) is 5.02 Å². The standard InChI is InChI=1S/C24H21ClN4O4/c1-2-12-33-22-19(25)13-16(14-21(22)29(31)32)15-26-28-23(17-8-4-3-5-9-17)27-20-11-7-6-10-18(20)24(28)30/h1,6-7,10-11,13-15,17H,3-5,8-9,12H2. The molecule has 0 aliphatic heterocycles. The lowest BCUT2D eigenvalue weighted by atomic mass is 9.88. The Morgan fingerprint density at radius 1 is 1.30 bits per heavy atom. The number of hydrogen-bond acceptors (Lipinski definition) is 6. The third kappa shape index (κ3) is 4.73. The predicted octanol–water partition coefficient (Wildman–Crippen LogP) is 4.90. The summed E-state index contributed by atoms with van der Waals surface area (Å²) in [6.45, 7) is -0.156. The van der Waals surface area contributed by atoms with Crippen LogP contribution in [0.1, 0.15) is 49.4 Å². The molecule has 1 aromatic heterocycles. The van der Waals surface area contributed by atoms with Crippen LogP contribution in [0.4, 0.5) is 5.69 Å². The fraction of sp³-hybridized carbons (Fsp3) is 0.292. The van der Waals surface area contributed by atoms with Crippen LogP contribution >= 0.6 is 11.6 Å². The molecule has 0 amide bonds. The average molecular weight is 465 g/mol. The van der Waals surface area contributed by atoms with Gasteiger partial charge in [0.1, 0.15) is 12.4 Å². The average Bonchev–Trinajstić information content (AvgIpc) is 2.83. The number of fused-ring (bicyclic) bond motifs is 1. The van der Waals surface area contributed by atoms with Crippen molar-refractivity contribution < 1.29 is 9.66 Å². The first-order chi connectivity index (χ1) is 16.0. The molecule has 168 valence electrons. The Bertz CT molecular complexity index is 1340. The van der Waals surface area contributed by atoms with Crippen molar-refractivity contribution in [2.45, 2.75) is 38.0 Å². The van der Waals surface area contributed by atoms with Gasteiger partial charge >= 0.3 is 5.69 Å². The molecule has 1 fully saturated rings. The molecule has 33 heavy (non-hydrogen) atoms. The molecule has 1 aliphatic carbocycles. The Hall–Kier alpha value is -3.70. The molecule has 0 unspecified atom stereocenters. The van der Waals surface area contributed by atoms with Gasteiger partial charge in [0.25, 0.3) is 5.56 Å². The minimum atomic E-state index is -0.605. The number of terminal acetylenes is 1. The topological polar surface area (TPSA) is 99.6 Å². The SMILES string of the molecule is C#CCOc1c(Cl)cc(C=Nn2c(C3CCCCC3)nc3ccccc3c2=O)cc1[N+](=O)[O-]. The zero-order valence-corrected chi connectivity index (χ0v) is 18.5. The van der Waals surface area contributed by atoms with Crippen LogP contribution in [0, 0.1) is 22.5 Å². The highest BCUT2D eigenvalue weighted by atomic mass is 35.5. The highest BCUT2D eigenvalue weighted by Crippen LogP contribution is 2.36. The van der Waals surface area contributed by atoms with Gasteiger partial charge in [0, 0.05) is 17.5 Å². The maximum absolute atomic E-state index is 13.3. The summed E-state index contributed by atoms with van der Waals surface area (Å²) >= 11 is 6.22. The summed E-state index contributed by atoms with van der Waals surface area (Å²) in [6, 6.07) is 9.90. The molecule has 3 aromatic rings. The number of hydrogen-bond donors (Lipinski definition) is 0. The molecule has 0 radical (unpaired) electrons. The van der Waals surface area contributed by atoms with E-state index in [0.29, 0.717) is 22.3 Å². The third-order valence-corrected chi connectivity index (χ3v) is 5.90. The predicted molar refractivity (Wildman–Crippen MR) is 127 cm³/mol. The van der Waals surface area contributed by atoms with Crippen LogP contribution in [0.5, 0.6) is 5.75 Å². The van der Waals surface area contributed by atoms with Crippen LogP contribution in [-0.2, 0) is 0 Å². The van der Waals surface area contributed by atoms with Crippen molar-refractivity contribution in [3.05, 3.63) is 73.3 Å². The van der Waals surface area contributed by atoms with E-state index < -0.39 is 4.92 Å². The number of rotatable bonds is 6. The van der Waals surface area contributed by atoms with E-state index in [-0.39, 0.29) is 34.5 Å². The van der Waals surface area contributed by atoms with Gasteiger partial charge in [-0.1, -0.05) is 48.9 Å². The number of ether oxygens (including phenoxy) is 1. The second kappa shape index (κ2) is 9.84. The van der Waals surface area contributed by atoms with E-state index >= 15 is 0 Å². The highest BCUT2D eigenvalue weighted by molar-refractivity contribution is 6.32. The van der Waals surface area contributed by atoms with Crippen molar-refractivity contribution in [2.75, 3.05) is 6.61 Å². The van der Waals surface area contributed by atoms with Crippen molar-refractivity contribution in [1.82, 2.24) is 9.66 Å². The van der Waals surface area contributed by atoms with Crippen LogP contribution in [-0.4, -0.2) is 27.4 Å². The van der Waals surface area contributed by atoms with Gasteiger partial charge in [-0.3, -0.25) is 14.9 Å². The number of aromatic nitrogens is 2. The molecule has 1 heterocycles. The Balaban J connectivity index is 1.81. The second-order valence-electron chi connectivity index (χ2n) is 7.78. The van der Waals surface area contributed by atoms with Gasteiger partial charge in [0.2, 0.25) is 5.75 Å². The molecule has 0 spiro atoms.